The van der Waals surface area contributed by atoms with Crippen LogP contribution in [0.3, 0.4) is 0 Å². The van der Waals surface area contributed by atoms with Gasteiger partial charge in [-0.2, -0.15) is 0 Å². The van der Waals surface area contributed by atoms with Crippen LogP contribution in [0.5, 0.6) is 0 Å². The fourth-order valence-corrected chi connectivity index (χ4v) is 4.22. The lowest BCUT2D eigenvalue weighted by Gasteiger charge is -2.38. The van der Waals surface area contributed by atoms with E-state index in [0.29, 0.717) is 5.54 Å². The Labute approximate surface area is 118 Å². The van der Waals surface area contributed by atoms with Crippen LogP contribution in [0.15, 0.2) is 0 Å². The standard InChI is InChI=1S/C15H30N4/c1-15(2)14-11-16-10-13(14)12-19(15)9-8-18-6-4-17(3)5-7-18/h13-14,16H,4-12H2,1-3H3. The van der Waals surface area contributed by atoms with E-state index in [1.165, 1.54) is 58.9 Å². The molecule has 3 heterocycles. The van der Waals surface area contributed by atoms with Crippen molar-refractivity contribution < 1.29 is 0 Å². The van der Waals surface area contributed by atoms with Crippen molar-refractivity contribution >= 4 is 0 Å². The second-order valence-corrected chi connectivity index (χ2v) is 7.27. The molecule has 4 nitrogen and oxygen atoms in total. The van der Waals surface area contributed by atoms with Crippen LogP contribution < -0.4 is 5.32 Å². The van der Waals surface area contributed by atoms with E-state index in [0.717, 1.165) is 11.8 Å². The van der Waals surface area contributed by atoms with Crippen LogP contribution >= 0.6 is 0 Å². The Morgan fingerprint density at radius 1 is 1.05 bits per heavy atom. The molecule has 1 N–H and O–H groups in total. The molecule has 0 aromatic carbocycles. The van der Waals surface area contributed by atoms with Crippen molar-refractivity contribution in [3.63, 3.8) is 0 Å². The van der Waals surface area contributed by atoms with Gasteiger partial charge in [-0.3, -0.25) is 9.80 Å². The Hall–Kier alpha value is -0.160. The largest absolute Gasteiger partial charge is 0.316 e. The van der Waals surface area contributed by atoms with Crippen molar-refractivity contribution in [2.75, 3.05) is 66.0 Å². The molecule has 110 valence electrons. The Morgan fingerprint density at radius 3 is 2.47 bits per heavy atom. The molecule has 0 aromatic heterocycles. The summed E-state index contributed by atoms with van der Waals surface area (Å²) >= 11 is 0. The normalized spacial score (nSPS) is 36.8. The number of hydrogen-bond acceptors (Lipinski definition) is 4. The first kappa shape index (κ1) is 13.8. The van der Waals surface area contributed by atoms with Gasteiger partial charge in [0.15, 0.2) is 0 Å². The molecule has 0 saturated carbocycles. The minimum Gasteiger partial charge on any atom is -0.316 e. The molecule has 3 saturated heterocycles. The summed E-state index contributed by atoms with van der Waals surface area (Å²) in [4.78, 5) is 7.83. The number of nitrogens with one attached hydrogen (secondary N) is 1. The van der Waals surface area contributed by atoms with Gasteiger partial charge in [-0.15, -0.1) is 0 Å². The molecule has 0 radical (unpaired) electrons. The van der Waals surface area contributed by atoms with Gasteiger partial charge in [0.25, 0.3) is 0 Å². The summed E-state index contributed by atoms with van der Waals surface area (Å²) in [5.41, 5.74) is 0.390. The van der Waals surface area contributed by atoms with Gasteiger partial charge in [-0.25, -0.2) is 0 Å². The Morgan fingerprint density at radius 2 is 1.79 bits per heavy atom. The fourth-order valence-electron chi connectivity index (χ4n) is 4.22. The quantitative estimate of drug-likeness (QED) is 0.786. The fraction of sp³-hybridized carbons (Fsp3) is 1.00. The zero-order chi connectivity index (χ0) is 13.5. The van der Waals surface area contributed by atoms with Gasteiger partial charge in [0.2, 0.25) is 0 Å². The maximum absolute atomic E-state index is 3.57. The van der Waals surface area contributed by atoms with Crippen LogP contribution in [0.4, 0.5) is 0 Å². The molecule has 3 aliphatic rings. The van der Waals surface area contributed by atoms with E-state index in [1.54, 1.807) is 0 Å². The van der Waals surface area contributed by atoms with Gasteiger partial charge in [-0.1, -0.05) is 0 Å². The third-order valence-electron chi connectivity index (χ3n) is 5.80. The summed E-state index contributed by atoms with van der Waals surface area (Å²) in [5.74, 6) is 1.75. The topological polar surface area (TPSA) is 21.8 Å². The molecule has 0 bridgehead atoms. The highest BCUT2D eigenvalue weighted by atomic mass is 15.3. The Bertz CT molecular complexity index is 309. The van der Waals surface area contributed by atoms with Gasteiger partial charge < -0.3 is 10.2 Å². The third-order valence-corrected chi connectivity index (χ3v) is 5.80. The maximum atomic E-state index is 3.57. The number of rotatable bonds is 3. The Balaban J connectivity index is 1.50. The first-order valence-electron chi connectivity index (χ1n) is 7.94. The molecule has 3 fully saturated rings. The van der Waals surface area contributed by atoms with E-state index in [9.17, 15) is 0 Å². The van der Waals surface area contributed by atoms with Crippen molar-refractivity contribution in [3.8, 4) is 0 Å². The van der Waals surface area contributed by atoms with Crippen molar-refractivity contribution in [3.05, 3.63) is 0 Å². The van der Waals surface area contributed by atoms with E-state index in [1.807, 2.05) is 0 Å². The van der Waals surface area contributed by atoms with Crippen molar-refractivity contribution in [1.29, 1.82) is 0 Å². The van der Waals surface area contributed by atoms with Gasteiger partial charge in [0.1, 0.15) is 0 Å². The summed E-state index contributed by atoms with van der Waals surface area (Å²) in [6, 6.07) is 0. The molecule has 19 heavy (non-hydrogen) atoms. The first-order chi connectivity index (χ1) is 9.07. The highest BCUT2D eigenvalue weighted by Crippen LogP contribution is 2.40. The smallest absolute Gasteiger partial charge is 0.0197 e. The summed E-state index contributed by atoms with van der Waals surface area (Å²) in [6.45, 7) is 16.1. The van der Waals surface area contributed by atoms with Gasteiger partial charge in [-0.05, 0) is 39.3 Å². The van der Waals surface area contributed by atoms with Crippen molar-refractivity contribution in [2.45, 2.75) is 19.4 Å². The molecule has 0 spiro atoms. The molecule has 3 rings (SSSR count). The van der Waals surface area contributed by atoms with E-state index < -0.39 is 0 Å². The minimum atomic E-state index is 0.390. The first-order valence-corrected chi connectivity index (χ1v) is 7.94. The van der Waals surface area contributed by atoms with Gasteiger partial charge in [0, 0.05) is 57.9 Å². The Kier molecular flexibility index (Phi) is 3.87. The number of likely N-dealkylation sites (tertiary alicyclic amines) is 1. The van der Waals surface area contributed by atoms with E-state index >= 15 is 0 Å². The third kappa shape index (κ3) is 2.68. The molecule has 0 aliphatic carbocycles. The van der Waals surface area contributed by atoms with Crippen LogP contribution in [0.1, 0.15) is 13.8 Å². The minimum absolute atomic E-state index is 0.390. The molecular weight excluding hydrogens is 236 g/mol. The molecule has 2 atom stereocenters. The lowest BCUT2D eigenvalue weighted by molar-refractivity contribution is 0.0983. The molecule has 4 heteroatoms. The average Bonchev–Trinajstić information content (AvgIpc) is 2.92. The predicted molar refractivity (Wildman–Crippen MR) is 79.4 cm³/mol. The van der Waals surface area contributed by atoms with Crippen LogP contribution in [-0.4, -0.2) is 86.2 Å². The van der Waals surface area contributed by atoms with Gasteiger partial charge in [0.05, 0.1) is 0 Å². The summed E-state index contributed by atoms with van der Waals surface area (Å²) in [5, 5.41) is 3.57. The molecule has 0 amide bonds. The van der Waals surface area contributed by atoms with Crippen molar-refractivity contribution in [1.82, 2.24) is 20.0 Å². The van der Waals surface area contributed by atoms with E-state index in [2.05, 4.69) is 40.9 Å². The number of piperazine rings is 1. The number of fused-ring (bicyclic) bond motifs is 1. The highest BCUT2D eigenvalue weighted by molar-refractivity contribution is 5.04. The lowest BCUT2D eigenvalue weighted by atomic mass is 9.85. The number of hydrogen-bond donors (Lipinski definition) is 1. The molecular formula is C15H30N4. The summed E-state index contributed by atoms with van der Waals surface area (Å²) in [6.07, 6.45) is 0. The lowest BCUT2D eigenvalue weighted by Crippen LogP contribution is -2.50. The van der Waals surface area contributed by atoms with E-state index in [4.69, 9.17) is 0 Å². The zero-order valence-corrected chi connectivity index (χ0v) is 12.9. The summed E-state index contributed by atoms with van der Waals surface area (Å²) in [7, 11) is 2.23. The van der Waals surface area contributed by atoms with E-state index in [-0.39, 0.29) is 0 Å². The second kappa shape index (κ2) is 5.32. The monoisotopic (exact) mass is 266 g/mol. The second-order valence-electron chi connectivity index (χ2n) is 7.27. The molecule has 2 unspecified atom stereocenters. The SMILES string of the molecule is CN1CCN(CCN2CC3CNCC3C2(C)C)CC1. The van der Waals surface area contributed by atoms with Crippen LogP contribution in [-0.2, 0) is 0 Å². The number of likely N-dealkylation sites (N-methyl/N-ethyl adjacent to an activating group) is 1. The van der Waals surface area contributed by atoms with Crippen molar-refractivity contribution in [2.24, 2.45) is 11.8 Å². The highest BCUT2D eigenvalue weighted by Gasteiger charge is 2.49. The van der Waals surface area contributed by atoms with Gasteiger partial charge >= 0.3 is 0 Å². The number of nitrogens with zero attached hydrogens (tertiary/aromatic N) is 3. The molecule has 0 aromatic rings. The zero-order valence-electron chi connectivity index (χ0n) is 12.9. The van der Waals surface area contributed by atoms with Crippen LogP contribution in [0.25, 0.3) is 0 Å². The molecule has 3 aliphatic heterocycles. The predicted octanol–water partition coefficient (Wildman–Crippen LogP) is 0.164. The summed E-state index contributed by atoms with van der Waals surface area (Å²) < 4.78 is 0. The maximum Gasteiger partial charge on any atom is 0.0197 e. The van der Waals surface area contributed by atoms with Crippen LogP contribution in [0, 0.1) is 11.8 Å². The average molecular weight is 266 g/mol. The van der Waals surface area contributed by atoms with Crippen LogP contribution in [0.2, 0.25) is 0 Å².